The van der Waals surface area contributed by atoms with Gasteiger partial charge < -0.3 is 20.1 Å². The Bertz CT molecular complexity index is 672. The maximum Gasteiger partial charge on any atom is 0.330 e. The molecule has 0 radical (unpaired) electrons. The molecule has 0 unspecified atom stereocenters. The molecule has 2 rings (SSSR count). The fraction of sp³-hybridized carbons (Fsp3) is 0.500. The summed E-state index contributed by atoms with van der Waals surface area (Å²) < 4.78 is 6.20. The molecule has 1 aromatic rings. The van der Waals surface area contributed by atoms with Gasteiger partial charge in [0.05, 0.1) is 6.61 Å². The van der Waals surface area contributed by atoms with Gasteiger partial charge in [0.15, 0.2) is 11.8 Å². The van der Waals surface area contributed by atoms with Gasteiger partial charge in [-0.15, -0.1) is 6.42 Å². The Morgan fingerprint density at radius 2 is 2.20 bits per heavy atom. The van der Waals surface area contributed by atoms with E-state index in [9.17, 15) is 24.9 Å². The van der Waals surface area contributed by atoms with Crippen LogP contribution in [0.15, 0.2) is 15.8 Å². The van der Waals surface area contributed by atoms with Crippen LogP contribution in [0.2, 0.25) is 0 Å². The molecule has 0 aliphatic carbocycles. The van der Waals surface area contributed by atoms with Crippen LogP contribution in [-0.4, -0.2) is 49.3 Å². The molecular weight excluding hydrogens is 268 g/mol. The fourth-order valence-corrected chi connectivity index (χ4v) is 2.08. The standard InChI is InChI=1S/C12H14N2O6/c1-3-12(5-15)8(17)7(16)10(20-12)14-4-6(2)9(18)13-11(14)19/h1,4,7-8,10,15-17H,5H2,2H3,(H,13,18,19)/t7-,8-,10+,12+/m0/s1. The van der Waals surface area contributed by atoms with Crippen molar-refractivity contribution < 1.29 is 20.1 Å². The van der Waals surface area contributed by atoms with Crippen LogP contribution in [0, 0.1) is 19.3 Å². The van der Waals surface area contributed by atoms with E-state index in [1.54, 1.807) is 0 Å². The normalized spacial score (nSPS) is 33.0. The minimum Gasteiger partial charge on any atom is -0.392 e. The maximum absolute atomic E-state index is 11.7. The number of nitrogens with one attached hydrogen (secondary N) is 1. The second-order valence-electron chi connectivity index (χ2n) is 4.61. The van der Waals surface area contributed by atoms with Crippen molar-refractivity contribution in [2.24, 2.45) is 0 Å². The summed E-state index contributed by atoms with van der Waals surface area (Å²) in [6.45, 7) is 0.738. The van der Waals surface area contributed by atoms with Crippen molar-refractivity contribution in [1.29, 1.82) is 0 Å². The average molecular weight is 282 g/mol. The van der Waals surface area contributed by atoms with Gasteiger partial charge >= 0.3 is 5.69 Å². The van der Waals surface area contributed by atoms with Gasteiger partial charge in [-0.3, -0.25) is 14.3 Å². The summed E-state index contributed by atoms with van der Waals surface area (Å²) in [5, 5.41) is 29.1. The van der Waals surface area contributed by atoms with Crippen LogP contribution in [0.25, 0.3) is 0 Å². The van der Waals surface area contributed by atoms with Gasteiger partial charge in [0, 0.05) is 11.8 Å². The number of aliphatic hydroxyl groups is 3. The number of terminal acetylenes is 1. The highest BCUT2D eigenvalue weighted by Gasteiger charge is 2.54. The molecule has 1 aromatic heterocycles. The summed E-state index contributed by atoms with van der Waals surface area (Å²) in [4.78, 5) is 25.1. The first-order valence-electron chi connectivity index (χ1n) is 5.81. The Balaban J connectivity index is 2.51. The molecule has 4 atom stereocenters. The molecule has 1 aliphatic rings. The average Bonchev–Trinajstić information content (AvgIpc) is 2.68. The molecule has 0 amide bonds. The molecule has 0 saturated carbocycles. The predicted octanol–water partition coefficient (Wildman–Crippen LogP) is -2.54. The molecule has 1 saturated heterocycles. The maximum atomic E-state index is 11.7. The molecule has 1 fully saturated rings. The van der Waals surface area contributed by atoms with E-state index in [2.05, 4.69) is 5.92 Å². The van der Waals surface area contributed by atoms with Crippen LogP contribution >= 0.6 is 0 Å². The lowest BCUT2D eigenvalue weighted by Gasteiger charge is -2.23. The Hall–Kier alpha value is -1.92. The number of ether oxygens (including phenoxy) is 1. The third-order valence-corrected chi connectivity index (χ3v) is 3.32. The van der Waals surface area contributed by atoms with Crippen LogP contribution < -0.4 is 11.2 Å². The van der Waals surface area contributed by atoms with Crippen molar-refractivity contribution in [3.8, 4) is 12.3 Å². The van der Waals surface area contributed by atoms with Crippen molar-refractivity contribution in [1.82, 2.24) is 9.55 Å². The summed E-state index contributed by atoms with van der Waals surface area (Å²) in [5.74, 6) is 2.08. The molecular formula is C12H14N2O6. The van der Waals surface area contributed by atoms with E-state index in [4.69, 9.17) is 11.2 Å². The van der Waals surface area contributed by atoms with E-state index >= 15 is 0 Å². The zero-order chi connectivity index (χ0) is 15.1. The zero-order valence-electron chi connectivity index (χ0n) is 10.6. The van der Waals surface area contributed by atoms with Crippen molar-refractivity contribution >= 4 is 0 Å². The van der Waals surface area contributed by atoms with E-state index in [-0.39, 0.29) is 5.56 Å². The molecule has 1 aliphatic heterocycles. The van der Waals surface area contributed by atoms with Gasteiger partial charge in [-0.2, -0.15) is 0 Å². The van der Waals surface area contributed by atoms with Crippen LogP contribution in [0.1, 0.15) is 11.8 Å². The zero-order valence-corrected chi connectivity index (χ0v) is 10.6. The SMILES string of the molecule is C#C[C@]1(CO)O[C@@H](n2cc(C)c(=O)[nH]c2=O)[C@@H](O)[C@@H]1O. The van der Waals surface area contributed by atoms with E-state index in [1.807, 2.05) is 4.98 Å². The Morgan fingerprint density at radius 1 is 1.55 bits per heavy atom. The number of aryl methyl sites for hydroxylation is 1. The summed E-state index contributed by atoms with van der Waals surface area (Å²) in [7, 11) is 0. The predicted molar refractivity (Wildman–Crippen MR) is 66.8 cm³/mol. The molecule has 108 valence electrons. The molecule has 0 spiro atoms. The number of aromatic amines is 1. The number of hydrogen-bond acceptors (Lipinski definition) is 6. The first-order chi connectivity index (χ1) is 9.36. The Kier molecular flexibility index (Phi) is 3.54. The van der Waals surface area contributed by atoms with Crippen molar-refractivity contribution in [2.75, 3.05) is 6.61 Å². The Morgan fingerprint density at radius 3 is 2.70 bits per heavy atom. The Labute approximate surface area is 113 Å². The fourth-order valence-electron chi connectivity index (χ4n) is 2.08. The van der Waals surface area contributed by atoms with E-state index < -0.39 is 41.9 Å². The van der Waals surface area contributed by atoms with Gasteiger partial charge in [0.2, 0.25) is 0 Å². The molecule has 8 heteroatoms. The lowest BCUT2D eigenvalue weighted by molar-refractivity contribution is -0.0937. The van der Waals surface area contributed by atoms with Gasteiger partial charge in [0.1, 0.15) is 12.2 Å². The van der Waals surface area contributed by atoms with Crippen LogP contribution in [-0.2, 0) is 4.74 Å². The third-order valence-electron chi connectivity index (χ3n) is 3.32. The molecule has 2 heterocycles. The summed E-state index contributed by atoms with van der Waals surface area (Å²) in [5.41, 5.74) is -2.96. The largest absolute Gasteiger partial charge is 0.392 e. The van der Waals surface area contributed by atoms with E-state index in [0.29, 0.717) is 0 Å². The highest BCUT2D eigenvalue weighted by molar-refractivity contribution is 5.18. The monoisotopic (exact) mass is 282 g/mol. The molecule has 20 heavy (non-hydrogen) atoms. The second-order valence-corrected chi connectivity index (χ2v) is 4.61. The second kappa shape index (κ2) is 4.88. The van der Waals surface area contributed by atoms with Gasteiger partial charge in [0.25, 0.3) is 5.56 Å². The number of aliphatic hydroxyl groups excluding tert-OH is 3. The van der Waals surface area contributed by atoms with E-state index in [0.717, 1.165) is 4.57 Å². The van der Waals surface area contributed by atoms with Crippen molar-refractivity contribution in [2.45, 2.75) is 31.0 Å². The lowest BCUT2D eigenvalue weighted by atomic mass is 9.97. The molecule has 4 N–H and O–H groups in total. The van der Waals surface area contributed by atoms with Crippen molar-refractivity contribution in [3.63, 3.8) is 0 Å². The number of aromatic nitrogens is 2. The van der Waals surface area contributed by atoms with Crippen LogP contribution in [0.5, 0.6) is 0 Å². The quantitative estimate of drug-likeness (QED) is 0.443. The summed E-state index contributed by atoms with van der Waals surface area (Å²) in [6, 6.07) is 0. The topological polar surface area (TPSA) is 125 Å². The lowest BCUT2D eigenvalue weighted by Crippen LogP contribution is -2.45. The summed E-state index contributed by atoms with van der Waals surface area (Å²) in [6.07, 6.45) is 2.00. The van der Waals surface area contributed by atoms with Gasteiger partial charge in [-0.25, -0.2) is 4.79 Å². The van der Waals surface area contributed by atoms with Crippen LogP contribution in [0.4, 0.5) is 0 Å². The first-order valence-corrected chi connectivity index (χ1v) is 5.81. The molecule has 0 bridgehead atoms. The summed E-state index contributed by atoms with van der Waals surface area (Å²) >= 11 is 0. The molecule has 8 nitrogen and oxygen atoms in total. The number of hydrogen-bond donors (Lipinski definition) is 4. The number of H-pyrrole nitrogens is 1. The van der Waals surface area contributed by atoms with Gasteiger partial charge in [-0.05, 0) is 6.92 Å². The van der Waals surface area contributed by atoms with Crippen molar-refractivity contribution in [3.05, 3.63) is 32.6 Å². The van der Waals surface area contributed by atoms with Crippen LogP contribution in [0.3, 0.4) is 0 Å². The highest BCUT2D eigenvalue weighted by Crippen LogP contribution is 2.35. The highest BCUT2D eigenvalue weighted by atomic mass is 16.6. The number of rotatable bonds is 2. The third kappa shape index (κ3) is 1.97. The minimum atomic E-state index is -1.80. The molecule has 0 aromatic carbocycles. The minimum absolute atomic E-state index is 0.220. The number of nitrogens with zero attached hydrogens (tertiary/aromatic N) is 1. The first kappa shape index (κ1) is 14.5. The van der Waals surface area contributed by atoms with E-state index in [1.165, 1.54) is 13.1 Å². The van der Waals surface area contributed by atoms with Gasteiger partial charge in [-0.1, -0.05) is 5.92 Å². The smallest absolute Gasteiger partial charge is 0.330 e.